The molecule has 0 spiro atoms. The Bertz CT molecular complexity index is 787. The monoisotopic (exact) mass is 325 g/mol. The predicted molar refractivity (Wildman–Crippen MR) is 78.6 cm³/mol. The lowest BCUT2D eigenvalue weighted by molar-refractivity contribution is 0.0717. The third-order valence-corrected chi connectivity index (χ3v) is 3.72. The Morgan fingerprint density at radius 2 is 1.90 bits per heavy atom. The van der Waals surface area contributed by atoms with Crippen LogP contribution in [0.3, 0.4) is 0 Å². The molecular formula is C16H8BrNO2. The molecule has 0 unspecified atom stereocenters. The highest BCUT2D eigenvalue weighted by atomic mass is 79.9. The van der Waals surface area contributed by atoms with Crippen LogP contribution in [0.15, 0.2) is 46.9 Å². The van der Waals surface area contributed by atoms with Gasteiger partial charge in [-0.1, -0.05) is 24.3 Å². The summed E-state index contributed by atoms with van der Waals surface area (Å²) in [5.41, 5.74) is 2.69. The summed E-state index contributed by atoms with van der Waals surface area (Å²) in [6, 6.07) is 14.7. The van der Waals surface area contributed by atoms with Crippen molar-refractivity contribution in [3.05, 3.63) is 69.2 Å². The highest BCUT2D eigenvalue weighted by Gasteiger charge is 2.25. The van der Waals surface area contributed by atoms with E-state index in [0.717, 1.165) is 15.6 Å². The molecule has 0 saturated carbocycles. The van der Waals surface area contributed by atoms with Crippen molar-refractivity contribution in [1.82, 2.24) is 0 Å². The van der Waals surface area contributed by atoms with Crippen LogP contribution in [-0.2, 0) is 4.74 Å². The SMILES string of the molecule is N#Cc1cc(/C=C2\OC(=O)c3ccccc32)ccc1Br. The second-order valence-corrected chi connectivity index (χ2v) is 5.15. The first kappa shape index (κ1) is 12.6. The van der Waals surface area contributed by atoms with Gasteiger partial charge < -0.3 is 4.74 Å². The molecule has 3 nitrogen and oxygen atoms in total. The minimum absolute atomic E-state index is 0.343. The molecule has 20 heavy (non-hydrogen) atoms. The summed E-state index contributed by atoms with van der Waals surface area (Å²) < 4.78 is 6.01. The molecule has 0 fully saturated rings. The van der Waals surface area contributed by atoms with Crippen molar-refractivity contribution in [3.8, 4) is 6.07 Å². The molecule has 0 bridgehead atoms. The molecule has 0 amide bonds. The number of carbonyl (C=O) groups excluding carboxylic acids is 1. The standard InChI is InChI=1S/C16H8BrNO2/c17-14-6-5-10(7-11(14)9-18)8-15-12-3-1-2-4-13(12)16(19)20-15/h1-8H/b15-8-. The van der Waals surface area contributed by atoms with E-state index in [0.29, 0.717) is 16.9 Å². The third kappa shape index (κ3) is 2.13. The normalized spacial score (nSPS) is 14.8. The lowest BCUT2D eigenvalue weighted by atomic mass is 10.1. The second-order valence-electron chi connectivity index (χ2n) is 4.29. The maximum Gasteiger partial charge on any atom is 0.344 e. The van der Waals surface area contributed by atoms with E-state index >= 15 is 0 Å². The summed E-state index contributed by atoms with van der Waals surface area (Å²) in [7, 11) is 0. The topological polar surface area (TPSA) is 50.1 Å². The molecule has 3 rings (SSSR count). The van der Waals surface area contributed by atoms with E-state index in [9.17, 15) is 4.79 Å². The van der Waals surface area contributed by atoms with Gasteiger partial charge in [-0.3, -0.25) is 0 Å². The zero-order valence-corrected chi connectivity index (χ0v) is 11.8. The quantitative estimate of drug-likeness (QED) is 0.745. The Kier molecular flexibility index (Phi) is 3.13. The van der Waals surface area contributed by atoms with Gasteiger partial charge in [0.05, 0.1) is 11.1 Å². The zero-order valence-electron chi connectivity index (χ0n) is 10.3. The van der Waals surface area contributed by atoms with Crippen LogP contribution < -0.4 is 0 Å². The number of rotatable bonds is 1. The van der Waals surface area contributed by atoms with Crippen LogP contribution >= 0.6 is 15.9 Å². The highest BCUT2D eigenvalue weighted by Crippen LogP contribution is 2.31. The molecule has 2 aromatic carbocycles. The molecule has 0 aliphatic carbocycles. The van der Waals surface area contributed by atoms with Crippen molar-refractivity contribution < 1.29 is 9.53 Å². The maximum absolute atomic E-state index is 11.7. The highest BCUT2D eigenvalue weighted by molar-refractivity contribution is 9.10. The minimum atomic E-state index is -0.343. The summed E-state index contributed by atoms with van der Waals surface area (Å²) >= 11 is 3.31. The van der Waals surface area contributed by atoms with Gasteiger partial charge >= 0.3 is 5.97 Å². The Morgan fingerprint density at radius 3 is 2.65 bits per heavy atom. The molecule has 4 heteroatoms. The van der Waals surface area contributed by atoms with E-state index < -0.39 is 0 Å². The number of halogens is 1. The van der Waals surface area contributed by atoms with Gasteiger partial charge in [0.25, 0.3) is 0 Å². The van der Waals surface area contributed by atoms with Gasteiger partial charge in [-0.05, 0) is 45.8 Å². The number of esters is 1. The van der Waals surface area contributed by atoms with E-state index in [1.54, 1.807) is 30.3 Å². The minimum Gasteiger partial charge on any atom is -0.422 e. The van der Waals surface area contributed by atoms with Crippen molar-refractivity contribution in [2.75, 3.05) is 0 Å². The van der Waals surface area contributed by atoms with E-state index in [1.807, 2.05) is 18.2 Å². The second kappa shape index (κ2) is 4.95. The number of nitrogens with zero attached hydrogens (tertiary/aromatic N) is 1. The van der Waals surface area contributed by atoms with Gasteiger partial charge in [0, 0.05) is 10.0 Å². The summed E-state index contributed by atoms with van der Waals surface area (Å²) in [6.45, 7) is 0. The number of hydrogen-bond donors (Lipinski definition) is 0. The Morgan fingerprint density at radius 1 is 1.15 bits per heavy atom. The first-order chi connectivity index (χ1) is 9.69. The fraction of sp³-hybridized carbons (Fsp3) is 0. The van der Waals surface area contributed by atoms with Crippen molar-refractivity contribution in [1.29, 1.82) is 5.26 Å². The van der Waals surface area contributed by atoms with E-state index in [1.165, 1.54) is 0 Å². The van der Waals surface area contributed by atoms with E-state index in [2.05, 4.69) is 22.0 Å². The molecule has 0 radical (unpaired) electrons. The fourth-order valence-corrected chi connectivity index (χ4v) is 2.40. The van der Waals surface area contributed by atoms with Gasteiger partial charge in [0.2, 0.25) is 0 Å². The zero-order chi connectivity index (χ0) is 14.1. The molecule has 1 aliphatic heterocycles. The Labute approximate surface area is 124 Å². The van der Waals surface area contributed by atoms with Gasteiger partial charge in [-0.25, -0.2) is 4.79 Å². The summed E-state index contributed by atoms with van der Waals surface area (Å²) in [6.07, 6.45) is 1.76. The predicted octanol–water partition coefficient (Wildman–Crippen LogP) is 3.99. The smallest absolute Gasteiger partial charge is 0.344 e. The summed E-state index contributed by atoms with van der Waals surface area (Å²) in [4.78, 5) is 11.7. The van der Waals surface area contributed by atoms with Crippen LogP contribution in [0.4, 0.5) is 0 Å². The fourth-order valence-electron chi connectivity index (χ4n) is 2.06. The van der Waals surface area contributed by atoms with Crippen molar-refractivity contribution in [2.24, 2.45) is 0 Å². The van der Waals surface area contributed by atoms with Crippen LogP contribution in [0.1, 0.15) is 27.0 Å². The molecule has 0 N–H and O–H groups in total. The number of hydrogen-bond acceptors (Lipinski definition) is 3. The molecule has 1 heterocycles. The van der Waals surface area contributed by atoms with Gasteiger partial charge in [0.15, 0.2) is 0 Å². The van der Waals surface area contributed by atoms with Crippen LogP contribution in [-0.4, -0.2) is 5.97 Å². The third-order valence-electron chi connectivity index (χ3n) is 3.02. The Hall–Kier alpha value is -2.38. The molecule has 96 valence electrons. The van der Waals surface area contributed by atoms with E-state index in [4.69, 9.17) is 10.00 Å². The lowest BCUT2D eigenvalue weighted by Gasteiger charge is -2.01. The molecule has 2 aromatic rings. The number of ether oxygens (including phenoxy) is 1. The van der Waals surface area contributed by atoms with E-state index in [-0.39, 0.29) is 5.97 Å². The molecular weight excluding hydrogens is 318 g/mol. The Balaban J connectivity index is 2.07. The van der Waals surface area contributed by atoms with Crippen LogP contribution in [0, 0.1) is 11.3 Å². The first-order valence-electron chi connectivity index (χ1n) is 5.92. The lowest BCUT2D eigenvalue weighted by Crippen LogP contribution is -1.92. The van der Waals surface area contributed by atoms with Crippen LogP contribution in [0.5, 0.6) is 0 Å². The number of carbonyl (C=O) groups is 1. The number of fused-ring (bicyclic) bond motifs is 1. The average Bonchev–Trinajstić information content (AvgIpc) is 2.78. The summed E-state index contributed by atoms with van der Waals surface area (Å²) in [5, 5.41) is 9.02. The summed E-state index contributed by atoms with van der Waals surface area (Å²) in [5.74, 6) is 0.168. The maximum atomic E-state index is 11.7. The number of benzene rings is 2. The largest absolute Gasteiger partial charge is 0.422 e. The van der Waals surface area contributed by atoms with Gasteiger partial charge in [-0.15, -0.1) is 0 Å². The van der Waals surface area contributed by atoms with Crippen molar-refractivity contribution in [2.45, 2.75) is 0 Å². The van der Waals surface area contributed by atoms with Gasteiger partial charge in [-0.2, -0.15) is 5.26 Å². The average molecular weight is 326 g/mol. The molecule has 0 atom stereocenters. The number of nitriles is 1. The van der Waals surface area contributed by atoms with Crippen molar-refractivity contribution >= 4 is 33.7 Å². The molecule has 1 aliphatic rings. The molecule has 0 saturated heterocycles. The molecule has 0 aromatic heterocycles. The van der Waals surface area contributed by atoms with Crippen molar-refractivity contribution in [3.63, 3.8) is 0 Å². The van der Waals surface area contributed by atoms with Crippen LogP contribution in [0.2, 0.25) is 0 Å². The number of cyclic esters (lactones) is 1. The first-order valence-corrected chi connectivity index (χ1v) is 6.71. The van der Waals surface area contributed by atoms with Crippen LogP contribution in [0.25, 0.3) is 11.8 Å². The van der Waals surface area contributed by atoms with Gasteiger partial charge in [0.1, 0.15) is 11.8 Å².